The molecule has 0 amide bonds. The summed E-state index contributed by atoms with van der Waals surface area (Å²) in [7, 11) is 3.76. The van der Waals surface area contributed by atoms with Crippen molar-refractivity contribution in [1.82, 2.24) is 20.2 Å². The maximum Gasteiger partial charge on any atom is 0.224 e. The number of ether oxygens (including phenoxy) is 2. The van der Waals surface area contributed by atoms with Crippen molar-refractivity contribution in [3.8, 4) is 17.4 Å². The summed E-state index contributed by atoms with van der Waals surface area (Å²) in [6.45, 7) is 5.93. The average Bonchev–Trinajstić information content (AvgIpc) is 3.19. The van der Waals surface area contributed by atoms with Crippen LogP contribution in [0.15, 0.2) is 53.0 Å². The Labute approximate surface area is 187 Å². The second kappa shape index (κ2) is 11.3. The van der Waals surface area contributed by atoms with E-state index >= 15 is 0 Å². The molecular weight excluding hydrogens is 410 g/mol. The van der Waals surface area contributed by atoms with Crippen LogP contribution in [0.1, 0.15) is 29.6 Å². The highest BCUT2D eigenvalue weighted by molar-refractivity contribution is 7.09. The number of rotatable bonds is 9. The van der Waals surface area contributed by atoms with Crippen LogP contribution in [-0.2, 0) is 13.1 Å². The van der Waals surface area contributed by atoms with E-state index in [0.717, 1.165) is 28.6 Å². The Morgan fingerprint density at radius 1 is 1.19 bits per heavy atom. The van der Waals surface area contributed by atoms with Crippen molar-refractivity contribution in [1.29, 1.82) is 0 Å². The van der Waals surface area contributed by atoms with Crippen molar-refractivity contribution >= 4 is 17.3 Å². The molecule has 0 aliphatic carbocycles. The van der Waals surface area contributed by atoms with Crippen LogP contribution >= 0.6 is 11.3 Å². The van der Waals surface area contributed by atoms with Gasteiger partial charge in [-0.3, -0.25) is 4.99 Å². The molecule has 3 rings (SSSR count). The van der Waals surface area contributed by atoms with Crippen LogP contribution in [-0.4, -0.2) is 41.5 Å². The molecule has 164 valence electrons. The van der Waals surface area contributed by atoms with E-state index in [0.29, 0.717) is 37.1 Å². The van der Waals surface area contributed by atoms with E-state index < -0.39 is 0 Å². The zero-order chi connectivity index (χ0) is 22.1. The summed E-state index contributed by atoms with van der Waals surface area (Å²) in [6, 6.07) is 11.5. The zero-order valence-electron chi connectivity index (χ0n) is 18.5. The lowest BCUT2D eigenvalue weighted by Crippen LogP contribution is -2.38. The van der Waals surface area contributed by atoms with E-state index in [-0.39, 0.29) is 0 Å². The molecule has 7 nitrogen and oxygen atoms in total. The summed E-state index contributed by atoms with van der Waals surface area (Å²) in [5.74, 6) is 2.67. The topological polar surface area (TPSA) is 71.9 Å². The first-order valence-corrected chi connectivity index (χ1v) is 11.1. The first kappa shape index (κ1) is 22.6. The van der Waals surface area contributed by atoms with E-state index in [1.54, 1.807) is 24.6 Å². The number of nitrogens with zero attached hydrogens (tertiary/aromatic N) is 4. The predicted molar refractivity (Wildman–Crippen MR) is 125 cm³/mol. The fraction of sp³-hybridized carbons (Fsp3) is 0.348. The van der Waals surface area contributed by atoms with Crippen molar-refractivity contribution in [3.05, 3.63) is 64.2 Å². The molecule has 0 unspecified atom stereocenters. The van der Waals surface area contributed by atoms with E-state index in [2.05, 4.69) is 32.6 Å². The number of guanidine groups is 1. The fourth-order valence-electron chi connectivity index (χ4n) is 2.98. The summed E-state index contributed by atoms with van der Waals surface area (Å²) >= 11 is 1.65. The number of benzene rings is 1. The predicted octanol–water partition coefficient (Wildman–Crippen LogP) is 4.64. The summed E-state index contributed by atoms with van der Waals surface area (Å²) in [6.07, 6.45) is 2.65. The number of aliphatic imine (C=N–C) groups is 1. The van der Waals surface area contributed by atoms with Crippen LogP contribution in [0.5, 0.6) is 17.4 Å². The highest BCUT2D eigenvalue weighted by Gasteiger charge is 2.13. The van der Waals surface area contributed by atoms with Gasteiger partial charge in [-0.1, -0.05) is 25.1 Å². The number of aryl methyl sites for hydroxylation is 1. The van der Waals surface area contributed by atoms with Crippen LogP contribution in [0, 0.1) is 6.92 Å². The van der Waals surface area contributed by atoms with Gasteiger partial charge in [-0.15, -0.1) is 11.3 Å². The first-order valence-electron chi connectivity index (χ1n) is 10.3. The second-order valence-corrected chi connectivity index (χ2v) is 8.04. The third kappa shape index (κ3) is 6.42. The molecule has 0 spiro atoms. The minimum absolute atomic E-state index is 0.522. The zero-order valence-corrected chi connectivity index (χ0v) is 19.3. The van der Waals surface area contributed by atoms with Crippen LogP contribution < -0.4 is 14.8 Å². The quantitative estimate of drug-likeness (QED) is 0.387. The van der Waals surface area contributed by atoms with Crippen molar-refractivity contribution < 1.29 is 9.47 Å². The third-order valence-corrected chi connectivity index (χ3v) is 5.27. The van der Waals surface area contributed by atoms with Gasteiger partial charge in [0.15, 0.2) is 17.5 Å². The number of hydrogen-bond acceptors (Lipinski definition) is 6. The Bertz CT molecular complexity index is 1000. The molecular formula is C23H29N5O2S. The van der Waals surface area contributed by atoms with Crippen molar-refractivity contribution in [3.63, 3.8) is 0 Å². The summed E-state index contributed by atoms with van der Waals surface area (Å²) in [5.41, 5.74) is 1.95. The highest BCUT2D eigenvalue weighted by Crippen LogP contribution is 2.31. The van der Waals surface area contributed by atoms with Gasteiger partial charge in [0.1, 0.15) is 0 Å². The lowest BCUT2D eigenvalue weighted by molar-refractivity contribution is 0.300. The lowest BCUT2D eigenvalue weighted by Gasteiger charge is -2.21. The summed E-state index contributed by atoms with van der Waals surface area (Å²) < 4.78 is 11.9. The molecule has 0 fully saturated rings. The minimum atomic E-state index is 0.522. The molecule has 0 saturated carbocycles. The van der Waals surface area contributed by atoms with Crippen LogP contribution in [0.3, 0.4) is 0 Å². The van der Waals surface area contributed by atoms with Gasteiger partial charge >= 0.3 is 0 Å². The number of hydrogen-bond donors (Lipinski definition) is 1. The minimum Gasteiger partial charge on any atom is -0.490 e. The van der Waals surface area contributed by atoms with Gasteiger partial charge in [0, 0.05) is 37.8 Å². The molecule has 0 saturated heterocycles. The standard InChI is InChI=1S/C23H29N5O2S/c1-5-13-29-20-10-6-7-11-21(20)30-22-18(9-8-12-25-22)14-26-23(24-3)28(4)15-19-16-31-17(2)27-19/h6-12,16H,5,13-15H2,1-4H3,(H,24,26). The second-order valence-electron chi connectivity index (χ2n) is 6.98. The molecule has 0 bridgehead atoms. The van der Waals surface area contributed by atoms with Crippen LogP contribution in [0.25, 0.3) is 0 Å². The van der Waals surface area contributed by atoms with Crippen molar-refractivity contribution in [2.45, 2.75) is 33.4 Å². The van der Waals surface area contributed by atoms with Crippen LogP contribution in [0.2, 0.25) is 0 Å². The van der Waals surface area contributed by atoms with Crippen molar-refractivity contribution in [2.24, 2.45) is 4.99 Å². The average molecular weight is 440 g/mol. The normalized spacial score (nSPS) is 11.3. The molecule has 0 atom stereocenters. The molecule has 0 radical (unpaired) electrons. The monoisotopic (exact) mass is 439 g/mol. The Morgan fingerprint density at radius 2 is 2.00 bits per heavy atom. The van der Waals surface area contributed by atoms with Gasteiger partial charge in [0.2, 0.25) is 5.88 Å². The van der Waals surface area contributed by atoms with Gasteiger partial charge in [0.05, 0.1) is 23.9 Å². The number of nitrogens with one attached hydrogen (secondary N) is 1. The van der Waals surface area contributed by atoms with Crippen LogP contribution in [0.4, 0.5) is 0 Å². The highest BCUT2D eigenvalue weighted by atomic mass is 32.1. The third-order valence-electron chi connectivity index (χ3n) is 4.44. The smallest absolute Gasteiger partial charge is 0.224 e. The largest absolute Gasteiger partial charge is 0.490 e. The number of pyridine rings is 1. The summed E-state index contributed by atoms with van der Waals surface area (Å²) in [5, 5.41) is 6.52. The molecule has 0 aliphatic heterocycles. The molecule has 1 N–H and O–H groups in total. The molecule has 2 heterocycles. The van der Waals surface area contributed by atoms with Crippen molar-refractivity contribution in [2.75, 3.05) is 20.7 Å². The number of thiazole rings is 1. The molecule has 0 aliphatic rings. The Kier molecular flexibility index (Phi) is 8.23. The van der Waals surface area contributed by atoms with E-state index in [4.69, 9.17) is 9.47 Å². The fourth-order valence-corrected chi connectivity index (χ4v) is 3.58. The summed E-state index contributed by atoms with van der Waals surface area (Å²) in [4.78, 5) is 15.4. The number of para-hydroxylation sites is 2. The van der Waals surface area contributed by atoms with Gasteiger partial charge in [0.25, 0.3) is 0 Å². The molecule has 8 heteroatoms. The molecule has 1 aromatic carbocycles. The van der Waals surface area contributed by atoms with E-state index in [9.17, 15) is 0 Å². The Balaban J connectivity index is 1.68. The Morgan fingerprint density at radius 3 is 2.71 bits per heavy atom. The van der Waals surface area contributed by atoms with Gasteiger partial charge in [-0.05, 0) is 31.5 Å². The van der Waals surface area contributed by atoms with Gasteiger partial charge in [-0.25, -0.2) is 9.97 Å². The molecule has 2 aromatic heterocycles. The van der Waals surface area contributed by atoms with E-state index in [1.807, 2.05) is 55.3 Å². The molecule has 3 aromatic rings. The molecule has 31 heavy (non-hydrogen) atoms. The number of aromatic nitrogens is 2. The maximum absolute atomic E-state index is 6.12. The van der Waals surface area contributed by atoms with Gasteiger partial charge in [-0.2, -0.15) is 0 Å². The van der Waals surface area contributed by atoms with Gasteiger partial charge < -0.3 is 19.7 Å². The van der Waals surface area contributed by atoms with E-state index in [1.165, 1.54) is 0 Å². The first-order chi connectivity index (χ1) is 15.1. The SMILES string of the molecule is CCCOc1ccccc1Oc1ncccc1CNC(=NC)N(C)Cc1csc(C)n1. The maximum atomic E-state index is 6.12. The lowest BCUT2D eigenvalue weighted by atomic mass is 10.2. The Hall–Kier alpha value is -3.13.